The highest BCUT2D eigenvalue weighted by molar-refractivity contribution is 7.89. The van der Waals surface area contributed by atoms with Crippen molar-refractivity contribution in [3.63, 3.8) is 0 Å². The standard InChI is InChI=1S/C11H16N2O2S2/c1-3-4-8-17(14,15)13(2)10(9-12)11-6-5-7-16-11/h5-7,10H,3-4,8H2,1-2H3. The lowest BCUT2D eigenvalue weighted by molar-refractivity contribution is 0.435. The average molecular weight is 272 g/mol. The Labute approximate surface area is 107 Å². The molecule has 0 spiro atoms. The highest BCUT2D eigenvalue weighted by Crippen LogP contribution is 2.25. The van der Waals surface area contributed by atoms with Crippen molar-refractivity contribution in [1.29, 1.82) is 5.26 Å². The van der Waals surface area contributed by atoms with Crippen LogP contribution in [0.5, 0.6) is 0 Å². The molecule has 0 aliphatic carbocycles. The second kappa shape index (κ2) is 6.15. The molecule has 0 bridgehead atoms. The summed E-state index contributed by atoms with van der Waals surface area (Å²) in [6.07, 6.45) is 1.44. The minimum absolute atomic E-state index is 0.101. The van der Waals surface area contributed by atoms with E-state index >= 15 is 0 Å². The molecule has 0 saturated heterocycles. The number of nitriles is 1. The van der Waals surface area contributed by atoms with Crippen LogP contribution in [0.2, 0.25) is 0 Å². The van der Waals surface area contributed by atoms with E-state index < -0.39 is 16.1 Å². The van der Waals surface area contributed by atoms with E-state index in [0.717, 1.165) is 11.3 Å². The molecule has 0 fully saturated rings. The van der Waals surface area contributed by atoms with Crippen LogP contribution in [0, 0.1) is 11.3 Å². The third-order valence-corrected chi connectivity index (χ3v) is 5.31. The molecule has 0 aliphatic rings. The predicted molar refractivity (Wildman–Crippen MR) is 69.1 cm³/mol. The summed E-state index contributed by atoms with van der Waals surface area (Å²) in [4.78, 5) is 0.759. The Kier molecular flexibility index (Phi) is 5.12. The van der Waals surface area contributed by atoms with Gasteiger partial charge >= 0.3 is 0 Å². The van der Waals surface area contributed by atoms with Gasteiger partial charge in [0.05, 0.1) is 11.8 Å². The largest absolute Gasteiger partial charge is 0.215 e. The number of unbranched alkanes of at least 4 members (excludes halogenated alkanes) is 1. The summed E-state index contributed by atoms with van der Waals surface area (Å²) >= 11 is 1.40. The van der Waals surface area contributed by atoms with E-state index in [2.05, 4.69) is 0 Å². The number of nitrogens with zero attached hydrogens (tertiary/aromatic N) is 2. The van der Waals surface area contributed by atoms with Gasteiger partial charge in [-0.3, -0.25) is 0 Å². The topological polar surface area (TPSA) is 61.2 Å². The molecule has 0 aliphatic heterocycles. The summed E-state index contributed by atoms with van der Waals surface area (Å²) in [7, 11) is -1.87. The lowest BCUT2D eigenvalue weighted by atomic mass is 10.3. The molecule has 0 N–H and O–H groups in total. The Morgan fingerprint density at radius 1 is 1.59 bits per heavy atom. The fraction of sp³-hybridized carbons (Fsp3) is 0.545. The fourth-order valence-corrected chi connectivity index (χ4v) is 3.70. The molecule has 0 aromatic carbocycles. The van der Waals surface area contributed by atoms with Gasteiger partial charge in [-0.05, 0) is 17.9 Å². The molecule has 1 aromatic heterocycles. The number of hydrogen-bond donors (Lipinski definition) is 0. The molecule has 0 amide bonds. The van der Waals surface area contributed by atoms with Crippen LogP contribution in [0.3, 0.4) is 0 Å². The van der Waals surface area contributed by atoms with E-state index in [4.69, 9.17) is 5.26 Å². The first kappa shape index (κ1) is 14.2. The molecule has 6 heteroatoms. The third-order valence-electron chi connectivity index (χ3n) is 2.49. The number of thiophene rings is 1. The Morgan fingerprint density at radius 3 is 2.76 bits per heavy atom. The minimum atomic E-state index is -3.34. The van der Waals surface area contributed by atoms with E-state index in [9.17, 15) is 8.42 Å². The minimum Gasteiger partial charge on any atom is -0.212 e. The first-order valence-electron chi connectivity index (χ1n) is 5.41. The van der Waals surface area contributed by atoms with Crippen molar-refractivity contribution >= 4 is 21.4 Å². The highest BCUT2D eigenvalue weighted by Gasteiger charge is 2.27. The Morgan fingerprint density at radius 2 is 2.29 bits per heavy atom. The average Bonchev–Trinajstić information content (AvgIpc) is 2.81. The molecule has 4 nitrogen and oxygen atoms in total. The summed E-state index contributed by atoms with van der Waals surface area (Å²) in [5.41, 5.74) is 0. The first-order chi connectivity index (χ1) is 8.03. The van der Waals surface area contributed by atoms with Gasteiger partial charge in [0, 0.05) is 11.9 Å². The molecular weight excluding hydrogens is 256 g/mol. The van der Waals surface area contributed by atoms with Crippen molar-refractivity contribution in [2.75, 3.05) is 12.8 Å². The summed E-state index contributed by atoms with van der Waals surface area (Å²) in [5, 5.41) is 10.9. The lowest BCUT2D eigenvalue weighted by Crippen LogP contribution is -2.32. The van der Waals surface area contributed by atoms with Crippen LogP contribution in [-0.2, 0) is 10.0 Å². The van der Waals surface area contributed by atoms with Gasteiger partial charge in [0.15, 0.2) is 0 Å². The van der Waals surface area contributed by atoms with Crippen LogP contribution in [0.15, 0.2) is 17.5 Å². The quantitative estimate of drug-likeness (QED) is 0.798. The van der Waals surface area contributed by atoms with Crippen molar-refractivity contribution in [3.8, 4) is 6.07 Å². The van der Waals surface area contributed by atoms with Gasteiger partial charge in [-0.15, -0.1) is 11.3 Å². The van der Waals surface area contributed by atoms with Crippen molar-refractivity contribution in [2.45, 2.75) is 25.8 Å². The van der Waals surface area contributed by atoms with Crippen LogP contribution in [0.1, 0.15) is 30.7 Å². The van der Waals surface area contributed by atoms with E-state index in [1.807, 2.05) is 24.4 Å². The molecule has 1 atom stereocenters. The Bertz CT molecular complexity index is 474. The van der Waals surface area contributed by atoms with Crippen LogP contribution >= 0.6 is 11.3 Å². The van der Waals surface area contributed by atoms with Gasteiger partial charge in [-0.1, -0.05) is 19.4 Å². The van der Waals surface area contributed by atoms with Crippen molar-refractivity contribution in [3.05, 3.63) is 22.4 Å². The smallest absolute Gasteiger partial charge is 0.212 e. The molecular formula is C11H16N2O2S2. The molecule has 1 rings (SSSR count). The van der Waals surface area contributed by atoms with E-state index in [1.165, 1.54) is 22.7 Å². The maximum atomic E-state index is 12.0. The fourth-order valence-electron chi connectivity index (χ4n) is 1.40. The van der Waals surface area contributed by atoms with E-state index in [-0.39, 0.29) is 5.75 Å². The van der Waals surface area contributed by atoms with Gasteiger partial charge < -0.3 is 0 Å². The SMILES string of the molecule is CCCCS(=O)(=O)N(C)C(C#N)c1cccs1. The first-order valence-corrected chi connectivity index (χ1v) is 7.90. The zero-order valence-electron chi connectivity index (χ0n) is 9.96. The van der Waals surface area contributed by atoms with Gasteiger partial charge in [0.2, 0.25) is 10.0 Å². The van der Waals surface area contributed by atoms with Gasteiger partial charge in [-0.2, -0.15) is 9.57 Å². The van der Waals surface area contributed by atoms with Gasteiger partial charge in [0.1, 0.15) is 6.04 Å². The molecule has 94 valence electrons. The van der Waals surface area contributed by atoms with Crippen LogP contribution < -0.4 is 0 Å². The Balaban J connectivity index is 2.88. The molecule has 1 unspecified atom stereocenters. The van der Waals surface area contributed by atoms with Crippen LogP contribution in [-0.4, -0.2) is 25.5 Å². The summed E-state index contributed by atoms with van der Waals surface area (Å²) in [6.45, 7) is 1.94. The van der Waals surface area contributed by atoms with E-state index in [0.29, 0.717) is 6.42 Å². The second-order valence-electron chi connectivity index (χ2n) is 3.73. The molecule has 1 heterocycles. The van der Waals surface area contributed by atoms with Crippen molar-refractivity contribution in [1.82, 2.24) is 4.31 Å². The number of rotatable bonds is 6. The van der Waals surface area contributed by atoms with Gasteiger partial charge in [0.25, 0.3) is 0 Å². The molecule has 0 saturated carbocycles. The van der Waals surface area contributed by atoms with Crippen molar-refractivity contribution in [2.24, 2.45) is 0 Å². The highest BCUT2D eigenvalue weighted by atomic mass is 32.2. The second-order valence-corrected chi connectivity index (χ2v) is 6.86. The van der Waals surface area contributed by atoms with E-state index in [1.54, 1.807) is 6.07 Å². The Hall–Kier alpha value is -0.900. The maximum Gasteiger partial charge on any atom is 0.215 e. The van der Waals surface area contributed by atoms with Crippen LogP contribution in [0.25, 0.3) is 0 Å². The van der Waals surface area contributed by atoms with Crippen molar-refractivity contribution < 1.29 is 8.42 Å². The third kappa shape index (κ3) is 3.53. The number of sulfonamides is 1. The molecule has 1 aromatic rings. The monoisotopic (exact) mass is 272 g/mol. The van der Waals surface area contributed by atoms with Crippen LogP contribution in [0.4, 0.5) is 0 Å². The normalized spacial score (nSPS) is 13.5. The zero-order valence-corrected chi connectivity index (χ0v) is 11.6. The lowest BCUT2D eigenvalue weighted by Gasteiger charge is -2.21. The summed E-state index contributed by atoms with van der Waals surface area (Å²) < 4.78 is 25.1. The maximum absolute atomic E-state index is 12.0. The molecule has 0 radical (unpaired) electrons. The predicted octanol–water partition coefficient (Wildman–Crippen LogP) is 2.37. The summed E-state index contributed by atoms with van der Waals surface area (Å²) in [5.74, 6) is 0.101. The summed E-state index contributed by atoms with van der Waals surface area (Å²) in [6, 6.07) is 4.93. The van der Waals surface area contributed by atoms with Gasteiger partial charge in [-0.25, -0.2) is 8.42 Å². The number of hydrogen-bond acceptors (Lipinski definition) is 4. The zero-order chi connectivity index (χ0) is 12.9. The molecule has 17 heavy (non-hydrogen) atoms.